The Hall–Kier alpha value is -2.94. The molecule has 3 rings (SSSR count). The molecule has 0 saturated heterocycles. The Morgan fingerprint density at radius 2 is 1.56 bits per heavy atom. The van der Waals surface area contributed by atoms with Crippen LogP contribution in [0.3, 0.4) is 0 Å². The van der Waals surface area contributed by atoms with Gasteiger partial charge >= 0.3 is 0 Å². The lowest BCUT2D eigenvalue weighted by Gasteiger charge is -2.17. The third-order valence-corrected chi connectivity index (χ3v) is 4.88. The van der Waals surface area contributed by atoms with Crippen LogP contribution in [-0.2, 0) is 12.8 Å². The maximum absolute atomic E-state index is 13.3. The number of anilines is 1. The van der Waals surface area contributed by atoms with E-state index in [9.17, 15) is 4.79 Å². The van der Waals surface area contributed by atoms with Crippen LogP contribution in [0.2, 0.25) is 0 Å². The number of aryl methyl sites for hydroxylation is 4. The van der Waals surface area contributed by atoms with Gasteiger partial charge in [0.15, 0.2) is 0 Å². The van der Waals surface area contributed by atoms with Crippen molar-refractivity contribution in [3.8, 4) is 11.1 Å². The molecule has 0 spiro atoms. The minimum absolute atomic E-state index is 0.102. The molecule has 1 N–H and O–H groups in total. The van der Waals surface area contributed by atoms with Crippen molar-refractivity contribution in [1.29, 1.82) is 0 Å². The number of nitrogens with zero attached hydrogens (tertiary/aromatic N) is 1. The molecule has 0 radical (unpaired) electrons. The molecule has 0 fully saturated rings. The third-order valence-electron chi connectivity index (χ3n) is 4.88. The van der Waals surface area contributed by atoms with Crippen molar-refractivity contribution in [2.24, 2.45) is 0 Å². The number of carbonyl (C=O) groups excluding carboxylic acids is 1. The first kappa shape index (κ1) is 18.8. The number of para-hydroxylation sites is 1. The first-order valence-electron chi connectivity index (χ1n) is 9.50. The summed E-state index contributed by atoms with van der Waals surface area (Å²) in [6, 6.07) is 18.2. The largest absolute Gasteiger partial charge is 0.321 e. The van der Waals surface area contributed by atoms with Gasteiger partial charge < -0.3 is 5.32 Å². The lowest BCUT2D eigenvalue weighted by molar-refractivity contribution is 0.102. The molecule has 3 nitrogen and oxygen atoms in total. The number of hydrogen-bond acceptors (Lipinski definition) is 2. The minimum Gasteiger partial charge on any atom is -0.321 e. The Labute approximate surface area is 161 Å². The highest BCUT2D eigenvalue weighted by Gasteiger charge is 2.19. The summed E-state index contributed by atoms with van der Waals surface area (Å²) in [7, 11) is 0. The van der Waals surface area contributed by atoms with E-state index in [0.717, 1.165) is 52.2 Å². The second-order valence-corrected chi connectivity index (χ2v) is 6.75. The normalized spacial score (nSPS) is 10.7. The van der Waals surface area contributed by atoms with Gasteiger partial charge in [-0.1, -0.05) is 62.4 Å². The molecule has 2 aromatic carbocycles. The zero-order valence-electron chi connectivity index (χ0n) is 16.5. The van der Waals surface area contributed by atoms with Crippen LogP contribution >= 0.6 is 0 Å². The maximum atomic E-state index is 13.3. The van der Waals surface area contributed by atoms with Crippen LogP contribution in [-0.4, -0.2) is 10.9 Å². The van der Waals surface area contributed by atoms with Crippen molar-refractivity contribution in [1.82, 2.24) is 4.98 Å². The van der Waals surface area contributed by atoms with E-state index in [4.69, 9.17) is 0 Å². The maximum Gasteiger partial charge on any atom is 0.258 e. The number of hydrogen-bond donors (Lipinski definition) is 1. The predicted molar refractivity (Wildman–Crippen MR) is 112 cm³/mol. The highest BCUT2D eigenvalue weighted by Crippen LogP contribution is 2.29. The van der Waals surface area contributed by atoms with Crippen molar-refractivity contribution in [3.05, 3.63) is 82.7 Å². The van der Waals surface area contributed by atoms with Crippen molar-refractivity contribution in [2.45, 2.75) is 40.5 Å². The van der Waals surface area contributed by atoms with Crippen LogP contribution in [0.5, 0.6) is 0 Å². The lowest BCUT2D eigenvalue weighted by Crippen LogP contribution is -2.18. The van der Waals surface area contributed by atoms with Gasteiger partial charge in [-0.15, -0.1) is 0 Å². The Balaban J connectivity index is 2.09. The number of pyridine rings is 1. The summed E-state index contributed by atoms with van der Waals surface area (Å²) in [5.41, 5.74) is 7.49. The minimum atomic E-state index is -0.102. The van der Waals surface area contributed by atoms with Crippen LogP contribution in [0.4, 0.5) is 5.69 Å². The summed E-state index contributed by atoms with van der Waals surface area (Å²) >= 11 is 0. The first-order valence-corrected chi connectivity index (χ1v) is 9.50. The molecule has 1 heterocycles. The second kappa shape index (κ2) is 8.17. The Bertz CT molecular complexity index is 939. The number of benzene rings is 2. The molecule has 1 aromatic heterocycles. The van der Waals surface area contributed by atoms with E-state index >= 15 is 0 Å². The topological polar surface area (TPSA) is 42.0 Å². The molecule has 0 atom stereocenters. The fraction of sp³-hybridized carbons (Fsp3) is 0.250. The third kappa shape index (κ3) is 3.92. The number of aromatic nitrogens is 1. The van der Waals surface area contributed by atoms with Gasteiger partial charge in [-0.3, -0.25) is 9.78 Å². The molecule has 1 amide bonds. The van der Waals surface area contributed by atoms with Crippen LogP contribution in [0.25, 0.3) is 11.1 Å². The average molecular weight is 358 g/mol. The quantitative estimate of drug-likeness (QED) is 0.631. The van der Waals surface area contributed by atoms with E-state index in [2.05, 4.69) is 42.3 Å². The van der Waals surface area contributed by atoms with Gasteiger partial charge in [0.2, 0.25) is 0 Å². The van der Waals surface area contributed by atoms with E-state index in [1.54, 1.807) is 0 Å². The summed E-state index contributed by atoms with van der Waals surface area (Å²) in [4.78, 5) is 17.9. The van der Waals surface area contributed by atoms with Gasteiger partial charge in [-0.25, -0.2) is 0 Å². The van der Waals surface area contributed by atoms with Gasteiger partial charge in [-0.05, 0) is 55.0 Å². The van der Waals surface area contributed by atoms with Crippen molar-refractivity contribution in [2.75, 3.05) is 5.32 Å². The van der Waals surface area contributed by atoms with Crippen molar-refractivity contribution < 1.29 is 4.79 Å². The van der Waals surface area contributed by atoms with Crippen LogP contribution in [0.1, 0.15) is 46.7 Å². The number of nitrogens with one attached hydrogen (secondary N) is 1. The fourth-order valence-electron chi connectivity index (χ4n) is 3.54. The van der Waals surface area contributed by atoms with Gasteiger partial charge in [-0.2, -0.15) is 0 Å². The van der Waals surface area contributed by atoms with Crippen LogP contribution in [0, 0.1) is 13.8 Å². The van der Waals surface area contributed by atoms with E-state index in [1.165, 1.54) is 0 Å². The zero-order valence-corrected chi connectivity index (χ0v) is 16.5. The Kier molecular flexibility index (Phi) is 5.70. The highest BCUT2D eigenvalue weighted by molar-refractivity contribution is 6.10. The Morgan fingerprint density at radius 1 is 0.926 bits per heavy atom. The molecule has 138 valence electrons. The van der Waals surface area contributed by atoms with Gasteiger partial charge in [0, 0.05) is 11.4 Å². The summed E-state index contributed by atoms with van der Waals surface area (Å²) in [5, 5.41) is 3.19. The second-order valence-electron chi connectivity index (χ2n) is 6.75. The van der Waals surface area contributed by atoms with E-state index in [0.29, 0.717) is 5.56 Å². The fourth-order valence-corrected chi connectivity index (χ4v) is 3.54. The molecule has 0 bridgehead atoms. The van der Waals surface area contributed by atoms with Crippen molar-refractivity contribution in [3.63, 3.8) is 0 Å². The molecular weight excluding hydrogens is 332 g/mol. The van der Waals surface area contributed by atoms with Gasteiger partial charge in [0.1, 0.15) is 0 Å². The van der Waals surface area contributed by atoms with Crippen LogP contribution in [0.15, 0.2) is 54.6 Å². The number of amides is 1. The first-order chi connectivity index (χ1) is 13.0. The van der Waals surface area contributed by atoms with Gasteiger partial charge in [0.05, 0.1) is 11.3 Å². The zero-order chi connectivity index (χ0) is 19.4. The molecule has 27 heavy (non-hydrogen) atoms. The van der Waals surface area contributed by atoms with E-state index in [1.807, 2.05) is 50.2 Å². The lowest BCUT2D eigenvalue weighted by atomic mass is 9.97. The molecule has 0 unspecified atom stereocenters. The summed E-state index contributed by atoms with van der Waals surface area (Å²) < 4.78 is 0. The van der Waals surface area contributed by atoms with E-state index in [-0.39, 0.29) is 5.91 Å². The predicted octanol–water partition coefficient (Wildman–Crippen LogP) is 5.74. The molecule has 0 aliphatic heterocycles. The average Bonchev–Trinajstić information content (AvgIpc) is 2.68. The number of rotatable bonds is 5. The monoisotopic (exact) mass is 358 g/mol. The van der Waals surface area contributed by atoms with Crippen LogP contribution < -0.4 is 5.32 Å². The Morgan fingerprint density at radius 3 is 2.15 bits per heavy atom. The van der Waals surface area contributed by atoms with E-state index < -0.39 is 0 Å². The highest BCUT2D eigenvalue weighted by atomic mass is 16.1. The summed E-state index contributed by atoms with van der Waals surface area (Å²) in [5.74, 6) is -0.102. The van der Waals surface area contributed by atoms with Crippen molar-refractivity contribution >= 4 is 11.6 Å². The number of carbonyl (C=O) groups is 1. The summed E-state index contributed by atoms with van der Waals surface area (Å²) in [6.45, 7) is 8.08. The molecule has 3 heteroatoms. The molecule has 3 aromatic rings. The SMILES string of the molecule is CCc1cccc(CC)c1NC(=O)c1c(-c2ccccc2)cc(C)nc1C. The molecule has 0 aliphatic rings. The smallest absolute Gasteiger partial charge is 0.258 e. The standard InChI is InChI=1S/C24H26N2O/c1-5-18-13-10-14-19(6-2)23(18)26-24(27)22-17(4)25-16(3)15-21(22)20-11-8-7-9-12-20/h7-15H,5-6H2,1-4H3,(H,26,27). The van der Waals surface area contributed by atoms with Gasteiger partial charge in [0.25, 0.3) is 5.91 Å². The molecule has 0 saturated carbocycles. The molecule has 0 aliphatic carbocycles. The summed E-state index contributed by atoms with van der Waals surface area (Å²) in [6.07, 6.45) is 1.75. The molecular formula is C24H26N2O.